The second-order valence-electron chi connectivity index (χ2n) is 23.2. The molecule has 0 bridgehead atoms. The van der Waals surface area contributed by atoms with E-state index in [2.05, 4.69) is 99.9 Å². The minimum absolute atomic E-state index is 0.0875. The Morgan fingerprint density at radius 2 is 0.769 bits per heavy atom. The van der Waals surface area contributed by atoms with Crippen LogP contribution >= 0.6 is 0 Å². The third kappa shape index (κ3) is 8.41. The minimum atomic E-state index is -0.0875. The van der Waals surface area contributed by atoms with Gasteiger partial charge in [-0.25, -0.2) is 0 Å². The monoisotopic (exact) mass is 879 g/mol. The molecule has 0 aromatic heterocycles. The van der Waals surface area contributed by atoms with Gasteiger partial charge in [-0.15, -0.1) is 0 Å². The number of hydrogen-bond acceptors (Lipinski definition) is 6. The van der Waals surface area contributed by atoms with E-state index >= 15 is 0 Å². The van der Waals surface area contributed by atoms with Crippen LogP contribution in [0.15, 0.2) is 72.8 Å². The number of rotatable bonds is 10. The fourth-order valence-corrected chi connectivity index (χ4v) is 14.1. The Hall–Kier alpha value is -4.32. The summed E-state index contributed by atoms with van der Waals surface area (Å²) in [4.78, 5) is 5.43. The lowest BCUT2D eigenvalue weighted by Gasteiger charge is -2.38. The van der Waals surface area contributed by atoms with Crippen LogP contribution in [-0.4, -0.2) is 47.6 Å². The van der Waals surface area contributed by atoms with Gasteiger partial charge in [-0.05, 0) is 133 Å². The average molecular weight is 879 g/mol. The van der Waals surface area contributed by atoms with Crippen LogP contribution in [0.25, 0.3) is 22.3 Å². The standard InChI is InChI=1S/C59H78N2O4/c1-58(2,3)38-34-46(56(62)52(36-38)60-48-26-13-7-20-40(48)41-21-8-14-27-49(41)60)44-24-11-17-30-54(44)64-32-19-33-65-55-31-18-12-25-45(55)47-35-39(59(4,5)6)37-53(57(47)63)61-50-28-15-9-22-42(50)43-23-10-16-29-51(43)61/h11-12,17-18,24-25,30-31,34-37,40-43,48-51,62-63H,7-10,13-16,19-23,26-29,32-33H2,1-6H3. The molecule has 0 spiro atoms. The van der Waals surface area contributed by atoms with Gasteiger partial charge < -0.3 is 29.5 Å². The smallest absolute Gasteiger partial charge is 0.146 e. The number of aromatic hydroxyl groups is 2. The summed E-state index contributed by atoms with van der Waals surface area (Å²) in [5.41, 5.74) is 7.98. The van der Waals surface area contributed by atoms with Gasteiger partial charge in [-0.2, -0.15) is 0 Å². The van der Waals surface area contributed by atoms with E-state index < -0.39 is 0 Å². The molecule has 6 aliphatic rings. The number of phenolic OH excluding ortho intramolecular Hbond substituents is 2. The van der Waals surface area contributed by atoms with Gasteiger partial charge in [0.05, 0.1) is 24.6 Å². The van der Waals surface area contributed by atoms with Crippen LogP contribution in [0.3, 0.4) is 0 Å². The normalized spacial score (nSPS) is 27.7. The van der Waals surface area contributed by atoms with Crippen LogP contribution in [0, 0.1) is 23.7 Å². The molecule has 6 heteroatoms. The predicted octanol–water partition coefficient (Wildman–Crippen LogP) is 14.7. The topological polar surface area (TPSA) is 65.4 Å². The summed E-state index contributed by atoms with van der Waals surface area (Å²) in [7, 11) is 0. The molecule has 6 nitrogen and oxygen atoms in total. The Labute approximate surface area is 391 Å². The molecule has 2 saturated heterocycles. The Balaban J connectivity index is 0.892. The zero-order valence-electron chi connectivity index (χ0n) is 40.6. The van der Waals surface area contributed by atoms with E-state index in [4.69, 9.17) is 9.47 Å². The van der Waals surface area contributed by atoms with Gasteiger partial charge in [0.15, 0.2) is 0 Å². The summed E-state index contributed by atoms with van der Waals surface area (Å²) in [6.07, 6.45) is 21.4. The van der Waals surface area contributed by atoms with Crippen molar-refractivity contribution in [2.75, 3.05) is 23.0 Å². The highest BCUT2D eigenvalue weighted by Crippen LogP contribution is 2.57. The van der Waals surface area contributed by atoms with Crippen molar-refractivity contribution in [1.29, 1.82) is 0 Å². The molecule has 4 aromatic rings. The summed E-state index contributed by atoms with van der Waals surface area (Å²) >= 11 is 0. The van der Waals surface area contributed by atoms with Crippen molar-refractivity contribution in [3.05, 3.63) is 83.9 Å². The van der Waals surface area contributed by atoms with Crippen LogP contribution < -0.4 is 19.3 Å². The zero-order valence-corrected chi connectivity index (χ0v) is 40.6. The molecule has 4 aliphatic carbocycles. The van der Waals surface area contributed by atoms with Crippen molar-refractivity contribution in [1.82, 2.24) is 0 Å². The maximum absolute atomic E-state index is 12.5. The van der Waals surface area contributed by atoms with E-state index in [-0.39, 0.29) is 10.8 Å². The lowest BCUT2D eigenvalue weighted by atomic mass is 9.73. The molecular formula is C59H78N2O4. The number of ether oxygens (including phenoxy) is 2. The highest BCUT2D eigenvalue weighted by molar-refractivity contribution is 5.85. The van der Waals surface area contributed by atoms with Gasteiger partial charge in [-0.3, -0.25) is 0 Å². The van der Waals surface area contributed by atoms with E-state index in [1.54, 1.807) is 0 Å². The van der Waals surface area contributed by atoms with E-state index in [0.717, 1.165) is 68.8 Å². The first kappa shape index (κ1) is 44.5. The lowest BCUT2D eigenvalue weighted by molar-refractivity contribution is 0.231. The molecule has 2 aliphatic heterocycles. The van der Waals surface area contributed by atoms with Crippen LogP contribution in [0.5, 0.6) is 23.0 Å². The second-order valence-corrected chi connectivity index (χ2v) is 23.2. The van der Waals surface area contributed by atoms with Crippen molar-refractivity contribution in [2.45, 2.75) is 186 Å². The maximum Gasteiger partial charge on any atom is 0.146 e. The predicted molar refractivity (Wildman–Crippen MR) is 268 cm³/mol. The first-order valence-electron chi connectivity index (χ1n) is 26.1. The fraction of sp³-hybridized carbons (Fsp3) is 0.593. The maximum atomic E-state index is 12.5. The van der Waals surface area contributed by atoms with Gasteiger partial charge in [-0.1, -0.05) is 129 Å². The Bertz CT molecular complexity index is 2120. The number of benzene rings is 4. The van der Waals surface area contributed by atoms with Gasteiger partial charge in [0.1, 0.15) is 23.0 Å². The first-order valence-corrected chi connectivity index (χ1v) is 26.1. The molecule has 0 amide bonds. The van der Waals surface area contributed by atoms with Gasteiger partial charge >= 0.3 is 0 Å². The molecule has 348 valence electrons. The first-order chi connectivity index (χ1) is 31.4. The van der Waals surface area contributed by atoms with Crippen LogP contribution in [0.1, 0.15) is 162 Å². The van der Waals surface area contributed by atoms with Crippen LogP contribution in [-0.2, 0) is 10.8 Å². The number of fused-ring (bicyclic) bond motifs is 6. The van der Waals surface area contributed by atoms with Crippen LogP contribution in [0.4, 0.5) is 11.4 Å². The summed E-state index contributed by atoms with van der Waals surface area (Å²) in [5, 5.41) is 25.0. The summed E-state index contributed by atoms with van der Waals surface area (Å²) in [5.74, 6) is 5.31. The molecule has 2 N–H and O–H groups in total. The molecule has 65 heavy (non-hydrogen) atoms. The van der Waals surface area contributed by atoms with Crippen molar-refractivity contribution in [3.8, 4) is 45.3 Å². The molecule has 4 aromatic carbocycles. The Morgan fingerprint density at radius 1 is 0.446 bits per heavy atom. The van der Waals surface area contributed by atoms with E-state index in [1.807, 2.05) is 24.3 Å². The average Bonchev–Trinajstić information content (AvgIpc) is 3.82. The van der Waals surface area contributed by atoms with Gasteiger partial charge in [0, 0.05) is 52.8 Å². The lowest BCUT2D eigenvalue weighted by Crippen LogP contribution is -2.40. The zero-order chi connectivity index (χ0) is 45.0. The third-order valence-corrected chi connectivity index (χ3v) is 17.3. The summed E-state index contributed by atoms with van der Waals surface area (Å²) < 4.78 is 13.3. The number of anilines is 2. The quantitative estimate of drug-likeness (QED) is 0.155. The molecule has 0 radical (unpaired) electrons. The number of para-hydroxylation sites is 2. The second kappa shape index (κ2) is 18.1. The third-order valence-electron chi connectivity index (χ3n) is 17.3. The van der Waals surface area contributed by atoms with E-state index in [0.29, 0.717) is 55.3 Å². The van der Waals surface area contributed by atoms with E-state index in [9.17, 15) is 10.2 Å². The molecule has 8 atom stereocenters. The molecule has 6 fully saturated rings. The molecule has 4 saturated carbocycles. The number of nitrogens with zero attached hydrogens (tertiary/aromatic N) is 2. The van der Waals surface area contributed by atoms with Crippen molar-refractivity contribution >= 4 is 11.4 Å². The van der Waals surface area contributed by atoms with Crippen molar-refractivity contribution < 1.29 is 19.7 Å². The molecule has 2 heterocycles. The molecule has 8 unspecified atom stereocenters. The Kier molecular flexibility index (Phi) is 12.4. The number of phenols is 2. The fourth-order valence-electron chi connectivity index (χ4n) is 14.1. The minimum Gasteiger partial charge on any atom is -0.505 e. The van der Waals surface area contributed by atoms with E-state index in [1.165, 1.54) is 114 Å². The van der Waals surface area contributed by atoms with Crippen molar-refractivity contribution in [2.24, 2.45) is 23.7 Å². The van der Waals surface area contributed by atoms with Gasteiger partial charge in [0.25, 0.3) is 0 Å². The SMILES string of the molecule is CC(C)(C)c1cc(-c2ccccc2OCCCOc2ccccc2-c2cc(C(C)(C)C)cc(N3C4CCCCC4C4CCCCC43)c2O)c(O)c(N2C3CCCCC3C3CCCCC32)c1. The number of hydrogen-bond donors (Lipinski definition) is 2. The molecule has 10 rings (SSSR count). The van der Waals surface area contributed by atoms with Crippen molar-refractivity contribution in [3.63, 3.8) is 0 Å². The van der Waals surface area contributed by atoms with Gasteiger partial charge in [0.2, 0.25) is 0 Å². The molecular weight excluding hydrogens is 801 g/mol. The van der Waals surface area contributed by atoms with Crippen LogP contribution in [0.2, 0.25) is 0 Å². The highest BCUT2D eigenvalue weighted by Gasteiger charge is 2.52. The highest BCUT2D eigenvalue weighted by atomic mass is 16.5. The summed E-state index contributed by atoms with van der Waals surface area (Å²) in [6.45, 7) is 14.7. The summed E-state index contributed by atoms with van der Waals surface area (Å²) in [6, 6.07) is 27.6. The largest absolute Gasteiger partial charge is 0.505 e. The Morgan fingerprint density at radius 3 is 1.11 bits per heavy atom.